The zero-order valence-corrected chi connectivity index (χ0v) is 13.9. The van der Waals surface area contributed by atoms with E-state index >= 15 is 0 Å². The number of ether oxygens (including phenoxy) is 1. The molecule has 2 rings (SSSR count). The molecule has 0 unspecified atom stereocenters. The van der Waals surface area contributed by atoms with Crippen molar-refractivity contribution >= 4 is 23.5 Å². The zero-order chi connectivity index (χ0) is 17.0. The van der Waals surface area contributed by atoms with Gasteiger partial charge in [-0.1, -0.05) is 23.7 Å². The number of carboxylic acids is 1. The topological polar surface area (TPSA) is 78.9 Å². The number of rotatable bonds is 6. The van der Waals surface area contributed by atoms with E-state index in [1.54, 1.807) is 37.3 Å². The average Bonchev–Trinajstić information content (AvgIpc) is 2.85. The van der Waals surface area contributed by atoms with Crippen molar-refractivity contribution in [2.75, 3.05) is 27.3 Å². The van der Waals surface area contributed by atoms with Crippen molar-refractivity contribution < 1.29 is 19.4 Å². The highest BCUT2D eigenvalue weighted by atomic mass is 35.5. The quantitative estimate of drug-likeness (QED) is 0.768. The van der Waals surface area contributed by atoms with Crippen molar-refractivity contribution in [3.8, 4) is 0 Å². The molecule has 1 aliphatic rings. The minimum Gasteiger partial charge on any atom is -0.480 e. The first-order valence-electron chi connectivity index (χ1n) is 7.42. The molecule has 7 heteroatoms. The van der Waals surface area contributed by atoms with E-state index in [1.165, 1.54) is 0 Å². The molecule has 126 valence electrons. The fourth-order valence-corrected chi connectivity index (χ4v) is 3.30. The molecule has 2 N–H and O–H groups in total. The number of carboxylic acid groups (broad SMARTS) is 1. The third kappa shape index (κ3) is 4.02. The number of methoxy groups -OCH3 is 1. The van der Waals surface area contributed by atoms with Gasteiger partial charge in [0.15, 0.2) is 0 Å². The van der Waals surface area contributed by atoms with E-state index in [0.29, 0.717) is 18.2 Å². The molecule has 1 amide bonds. The normalized spacial score (nSPS) is 24.6. The first-order chi connectivity index (χ1) is 11.0. The molecule has 6 nitrogen and oxygen atoms in total. The van der Waals surface area contributed by atoms with E-state index in [9.17, 15) is 14.7 Å². The van der Waals surface area contributed by atoms with Gasteiger partial charge < -0.3 is 15.2 Å². The van der Waals surface area contributed by atoms with Gasteiger partial charge in [-0.2, -0.15) is 0 Å². The lowest BCUT2D eigenvalue weighted by Gasteiger charge is -2.26. The smallest absolute Gasteiger partial charge is 0.320 e. The van der Waals surface area contributed by atoms with Crippen LogP contribution in [-0.4, -0.2) is 55.2 Å². The first-order valence-corrected chi connectivity index (χ1v) is 7.80. The Morgan fingerprint density at radius 2 is 2.22 bits per heavy atom. The van der Waals surface area contributed by atoms with Gasteiger partial charge in [0.1, 0.15) is 6.04 Å². The second kappa shape index (κ2) is 7.77. The molecule has 1 heterocycles. The fourth-order valence-electron chi connectivity index (χ4n) is 3.10. The van der Waals surface area contributed by atoms with Crippen LogP contribution in [0.3, 0.4) is 0 Å². The van der Waals surface area contributed by atoms with E-state index in [2.05, 4.69) is 5.32 Å². The number of halogens is 1. The summed E-state index contributed by atoms with van der Waals surface area (Å²) in [7, 11) is 3.29. The maximum atomic E-state index is 12.5. The van der Waals surface area contributed by atoms with Crippen LogP contribution in [0, 0.1) is 5.92 Å². The molecule has 0 radical (unpaired) electrons. The predicted molar refractivity (Wildman–Crippen MR) is 86.4 cm³/mol. The molecular weight excluding hydrogens is 320 g/mol. The van der Waals surface area contributed by atoms with Gasteiger partial charge in [0.25, 0.3) is 0 Å². The Kier molecular flexibility index (Phi) is 5.98. The van der Waals surface area contributed by atoms with Crippen LogP contribution in [0.25, 0.3) is 0 Å². The van der Waals surface area contributed by atoms with E-state index in [-0.39, 0.29) is 18.4 Å². The molecule has 0 aromatic heterocycles. The van der Waals surface area contributed by atoms with Crippen LogP contribution in [-0.2, 0) is 14.3 Å². The van der Waals surface area contributed by atoms with Gasteiger partial charge in [0.2, 0.25) is 5.91 Å². The predicted octanol–water partition coefficient (Wildman–Crippen LogP) is 1.55. The minimum atomic E-state index is -0.924. The zero-order valence-electron chi connectivity index (χ0n) is 13.2. The number of likely N-dealkylation sites (N-methyl/N-ethyl adjacent to an activating group) is 1. The van der Waals surface area contributed by atoms with Crippen LogP contribution < -0.4 is 5.32 Å². The molecule has 1 saturated heterocycles. The highest BCUT2D eigenvalue weighted by molar-refractivity contribution is 6.30. The van der Waals surface area contributed by atoms with Gasteiger partial charge in [0, 0.05) is 24.7 Å². The Morgan fingerprint density at radius 1 is 1.48 bits per heavy atom. The third-order valence-corrected chi connectivity index (χ3v) is 4.44. The molecule has 1 aromatic carbocycles. The summed E-state index contributed by atoms with van der Waals surface area (Å²) in [6.45, 7) is 0.814. The summed E-state index contributed by atoms with van der Waals surface area (Å²) in [4.78, 5) is 25.7. The highest BCUT2D eigenvalue weighted by Crippen LogP contribution is 2.40. The van der Waals surface area contributed by atoms with Gasteiger partial charge >= 0.3 is 5.97 Å². The highest BCUT2D eigenvalue weighted by Gasteiger charge is 2.46. The third-order valence-electron chi connectivity index (χ3n) is 4.21. The Bertz CT molecular complexity index is 581. The van der Waals surface area contributed by atoms with Gasteiger partial charge in [-0.3, -0.25) is 14.5 Å². The summed E-state index contributed by atoms with van der Waals surface area (Å²) < 4.78 is 4.93. The lowest BCUT2D eigenvalue weighted by molar-refractivity contribution is -0.142. The maximum absolute atomic E-state index is 12.5. The summed E-state index contributed by atoms with van der Waals surface area (Å²) in [6, 6.07) is 6.19. The number of benzene rings is 1. The van der Waals surface area contributed by atoms with Crippen molar-refractivity contribution in [3.63, 3.8) is 0 Å². The molecular formula is C16H21ClN2O4. The second-order valence-electron chi connectivity index (χ2n) is 5.65. The van der Waals surface area contributed by atoms with Crippen LogP contribution in [0.4, 0.5) is 0 Å². The van der Waals surface area contributed by atoms with Gasteiger partial charge in [0.05, 0.1) is 12.5 Å². The van der Waals surface area contributed by atoms with Crippen LogP contribution in [0.5, 0.6) is 0 Å². The molecule has 23 heavy (non-hydrogen) atoms. The van der Waals surface area contributed by atoms with Crippen molar-refractivity contribution in [2.45, 2.75) is 18.5 Å². The second-order valence-corrected chi connectivity index (χ2v) is 6.08. The summed E-state index contributed by atoms with van der Waals surface area (Å²) in [5.74, 6) is -1.54. The van der Waals surface area contributed by atoms with Gasteiger partial charge in [-0.05, 0) is 31.2 Å². The Labute approximate surface area is 140 Å². The molecule has 3 atom stereocenters. The Balaban J connectivity index is 2.25. The fraction of sp³-hybridized carbons (Fsp3) is 0.500. The van der Waals surface area contributed by atoms with E-state index in [4.69, 9.17) is 16.3 Å². The molecule has 0 spiro atoms. The Morgan fingerprint density at radius 3 is 2.83 bits per heavy atom. The van der Waals surface area contributed by atoms with Crippen LogP contribution >= 0.6 is 11.6 Å². The maximum Gasteiger partial charge on any atom is 0.320 e. The largest absolute Gasteiger partial charge is 0.480 e. The summed E-state index contributed by atoms with van der Waals surface area (Å²) >= 11 is 6.05. The molecule has 0 saturated carbocycles. The number of carbonyl (C=O) groups is 2. The molecule has 1 aromatic rings. The lowest BCUT2D eigenvalue weighted by atomic mass is 9.92. The number of hydrogen-bond acceptors (Lipinski definition) is 4. The summed E-state index contributed by atoms with van der Waals surface area (Å²) in [5.41, 5.74) is 0.843. The van der Waals surface area contributed by atoms with Crippen LogP contribution in [0.15, 0.2) is 24.3 Å². The molecule has 1 aliphatic heterocycles. The monoisotopic (exact) mass is 340 g/mol. The van der Waals surface area contributed by atoms with Gasteiger partial charge in [-0.25, -0.2) is 0 Å². The molecule has 0 bridgehead atoms. The number of carbonyl (C=O) groups excluding carboxylic acids is 1. The van der Waals surface area contributed by atoms with Crippen molar-refractivity contribution in [1.82, 2.24) is 10.2 Å². The number of nitrogens with one attached hydrogen (secondary N) is 1. The van der Waals surface area contributed by atoms with E-state index < -0.39 is 17.9 Å². The standard InChI is InChI=1S/C16H21ClN2O4/c1-19-13(16(21)22)9-12(15(20)18-6-7-23-2)14(19)10-4-3-5-11(17)8-10/h3-5,8,12-14H,6-7,9H2,1-2H3,(H,18,20)(H,21,22)/t12-,13-,14-/m0/s1. The van der Waals surface area contributed by atoms with Crippen molar-refractivity contribution in [2.24, 2.45) is 5.92 Å². The molecule has 0 aliphatic carbocycles. The average molecular weight is 341 g/mol. The minimum absolute atomic E-state index is 0.164. The van der Waals surface area contributed by atoms with Crippen LogP contribution in [0.2, 0.25) is 5.02 Å². The van der Waals surface area contributed by atoms with E-state index in [1.807, 2.05) is 6.07 Å². The lowest BCUT2D eigenvalue weighted by Crippen LogP contribution is -2.36. The first kappa shape index (κ1) is 17.7. The number of likely N-dealkylation sites (tertiary alicyclic amines) is 1. The summed E-state index contributed by atoms with van der Waals surface area (Å²) in [6.07, 6.45) is 0.266. The van der Waals surface area contributed by atoms with Crippen molar-refractivity contribution in [1.29, 1.82) is 0 Å². The Hall–Kier alpha value is -1.63. The number of aliphatic carboxylic acids is 1. The van der Waals surface area contributed by atoms with E-state index in [0.717, 1.165) is 5.56 Å². The van der Waals surface area contributed by atoms with Crippen LogP contribution in [0.1, 0.15) is 18.0 Å². The number of hydrogen-bond donors (Lipinski definition) is 2. The number of nitrogens with zero attached hydrogens (tertiary/aromatic N) is 1. The molecule has 1 fully saturated rings. The number of amides is 1. The SMILES string of the molecule is COCCNC(=O)[C@H]1C[C@@H](C(=O)O)N(C)[C@H]1c1cccc(Cl)c1. The van der Waals surface area contributed by atoms with Crippen molar-refractivity contribution in [3.05, 3.63) is 34.9 Å². The van der Waals surface area contributed by atoms with Gasteiger partial charge in [-0.15, -0.1) is 0 Å². The summed E-state index contributed by atoms with van der Waals surface area (Å²) in [5, 5.41) is 12.8.